The van der Waals surface area contributed by atoms with Crippen LogP contribution in [0.25, 0.3) is 0 Å². The standard InChI is InChI=1S/C13H14N4O2S/c1-3-17(2)12(19)10-6-4-5-9(7-10)11(18)15-13-16-14-8-20-13/h4-8H,3H2,1-2H3,(H,15,16,18). The van der Waals surface area contributed by atoms with E-state index in [-0.39, 0.29) is 11.8 Å². The Hall–Kier alpha value is -2.28. The van der Waals surface area contributed by atoms with Gasteiger partial charge >= 0.3 is 0 Å². The third-order valence-corrected chi connectivity index (χ3v) is 3.38. The lowest BCUT2D eigenvalue weighted by atomic mass is 10.1. The third kappa shape index (κ3) is 3.18. The van der Waals surface area contributed by atoms with Crippen LogP contribution in [0.15, 0.2) is 29.8 Å². The number of nitrogens with one attached hydrogen (secondary N) is 1. The SMILES string of the molecule is CCN(C)C(=O)c1cccc(C(=O)Nc2nncs2)c1. The average Bonchev–Trinajstić information content (AvgIpc) is 2.98. The molecule has 0 saturated carbocycles. The first-order valence-electron chi connectivity index (χ1n) is 6.05. The van der Waals surface area contributed by atoms with Gasteiger partial charge in [0.2, 0.25) is 5.13 Å². The number of amides is 2. The van der Waals surface area contributed by atoms with E-state index in [0.29, 0.717) is 22.8 Å². The molecule has 1 N–H and O–H groups in total. The predicted molar refractivity (Wildman–Crippen MR) is 76.9 cm³/mol. The fraction of sp³-hybridized carbons (Fsp3) is 0.231. The average molecular weight is 290 g/mol. The molecule has 0 unspecified atom stereocenters. The van der Waals surface area contributed by atoms with E-state index in [1.807, 2.05) is 6.92 Å². The second kappa shape index (κ2) is 6.25. The van der Waals surface area contributed by atoms with E-state index in [0.717, 1.165) is 0 Å². The lowest BCUT2D eigenvalue weighted by Crippen LogP contribution is -2.26. The van der Waals surface area contributed by atoms with Gasteiger partial charge in [-0.1, -0.05) is 17.4 Å². The first-order chi connectivity index (χ1) is 9.61. The highest BCUT2D eigenvalue weighted by Gasteiger charge is 2.13. The molecule has 0 aliphatic heterocycles. The van der Waals surface area contributed by atoms with Crippen molar-refractivity contribution in [3.63, 3.8) is 0 Å². The Morgan fingerprint density at radius 1 is 1.35 bits per heavy atom. The first-order valence-corrected chi connectivity index (χ1v) is 6.93. The van der Waals surface area contributed by atoms with Gasteiger partial charge in [0.25, 0.3) is 11.8 Å². The molecule has 6 nitrogen and oxygen atoms in total. The molecule has 0 fully saturated rings. The molecule has 1 aromatic carbocycles. The van der Waals surface area contributed by atoms with Crippen molar-refractivity contribution in [1.29, 1.82) is 0 Å². The molecule has 0 spiro atoms. The van der Waals surface area contributed by atoms with Crippen LogP contribution in [0, 0.1) is 0 Å². The minimum atomic E-state index is -0.310. The molecular formula is C13H14N4O2S. The maximum absolute atomic E-state index is 12.0. The number of nitrogens with zero attached hydrogens (tertiary/aromatic N) is 3. The van der Waals surface area contributed by atoms with Gasteiger partial charge in [-0.15, -0.1) is 10.2 Å². The summed E-state index contributed by atoms with van der Waals surface area (Å²) in [7, 11) is 1.72. The van der Waals surface area contributed by atoms with Crippen LogP contribution in [0.2, 0.25) is 0 Å². The number of rotatable bonds is 4. The summed E-state index contributed by atoms with van der Waals surface area (Å²) < 4.78 is 0. The largest absolute Gasteiger partial charge is 0.342 e. The van der Waals surface area contributed by atoms with E-state index in [2.05, 4.69) is 15.5 Å². The quantitative estimate of drug-likeness (QED) is 0.933. The van der Waals surface area contributed by atoms with Crippen LogP contribution in [0.4, 0.5) is 5.13 Å². The van der Waals surface area contributed by atoms with E-state index in [9.17, 15) is 9.59 Å². The van der Waals surface area contributed by atoms with Crippen molar-refractivity contribution in [2.24, 2.45) is 0 Å². The summed E-state index contributed by atoms with van der Waals surface area (Å²) in [5.74, 6) is -0.423. The molecule has 104 valence electrons. The predicted octanol–water partition coefficient (Wildman–Crippen LogP) is 1.88. The van der Waals surface area contributed by atoms with Gasteiger partial charge in [-0.05, 0) is 25.1 Å². The molecular weight excluding hydrogens is 276 g/mol. The molecule has 0 radical (unpaired) electrons. The molecule has 1 aromatic heterocycles. The lowest BCUT2D eigenvalue weighted by Gasteiger charge is -2.14. The summed E-state index contributed by atoms with van der Waals surface area (Å²) >= 11 is 1.24. The number of benzene rings is 1. The molecule has 7 heteroatoms. The zero-order valence-corrected chi connectivity index (χ0v) is 12.0. The summed E-state index contributed by atoms with van der Waals surface area (Å²) in [4.78, 5) is 25.7. The Labute approximate surface area is 120 Å². The van der Waals surface area contributed by atoms with Gasteiger partial charge in [0, 0.05) is 24.7 Å². The third-order valence-electron chi connectivity index (χ3n) is 2.77. The fourth-order valence-electron chi connectivity index (χ4n) is 1.55. The number of hydrogen-bond acceptors (Lipinski definition) is 5. The first kappa shape index (κ1) is 14.1. The summed E-state index contributed by atoms with van der Waals surface area (Å²) in [6.07, 6.45) is 0. The van der Waals surface area contributed by atoms with E-state index in [1.165, 1.54) is 16.8 Å². The van der Waals surface area contributed by atoms with Crippen LogP contribution in [-0.2, 0) is 0 Å². The highest BCUT2D eigenvalue weighted by Crippen LogP contribution is 2.12. The lowest BCUT2D eigenvalue weighted by molar-refractivity contribution is 0.0802. The smallest absolute Gasteiger partial charge is 0.257 e. The highest BCUT2D eigenvalue weighted by molar-refractivity contribution is 7.13. The van der Waals surface area contributed by atoms with Crippen molar-refractivity contribution in [2.75, 3.05) is 18.9 Å². The van der Waals surface area contributed by atoms with E-state index in [4.69, 9.17) is 0 Å². The van der Waals surface area contributed by atoms with E-state index in [1.54, 1.807) is 36.2 Å². The highest BCUT2D eigenvalue weighted by atomic mass is 32.1. The Morgan fingerprint density at radius 3 is 2.75 bits per heavy atom. The molecule has 0 atom stereocenters. The van der Waals surface area contributed by atoms with Gasteiger partial charge in [-0.3, -0.25) is 14.9 Å². The Bertz CT molecular complexity index is 613. The van der Waals surface area contributed by atoms with Crippen molar-refractivity contribution in [3.8, 4) is 0 Å². The van der Waals surface area contributed by atoms with Crippen LogP contribution in [0.1, 0.15) is 27.6 Å². The van der Waals surface area contributed by atoms with Crippen molar-refractivity contribution < 1.29 is 9.59 Å². The molecule has 20 heavy (non-hydrogen) atoms. The van der Waals surface area contributed by atoms with Crippen molar-refractivity contribution in [3.05, 3.63) is 40.9 Å². The number of carbonyl (C=O) groups is 2. The van der Waals surface area contributed by atoms with Gasteiger partial charge in [-0.2, -0.15) is 0 Å². The Morgan fingerprint density at radius 2 is 2.10 bits per heavy atom. The molecule has 1 heterocycles. The van der Waals surface area contributed by atoms with Crippen LogP contribution < -0.4 is 5.32 Å². The number of anilines is 1. The normalized spacial score (nSPS) is 10.1. The zero-order chi connectivity index (χ0) is 14.5. The number of carbonyl (C=O) groups excluding carboxylic acids is 2. The second-order valence-electron chi connectivity index (χ2n) is 4.10. The minimum Gasteiger partial charge on any atom is -0.342 e. The monoisotopic (exact) mass is 290 g/mol. The molecule has 0 saturated heterocycles. The van der Waals surface area contributed by atoms with Gasteiger partial charge < -0.3 is 4.90 Å². The number of aromatic nitrogens is 2. The Balaban J connectivity index is 2.17. The maximum Gasteiger partial charge on any atom is 0.257 e. The van der Waals surface area contributed by atoms with E-state index >= 15 is 0 Å². The molecule has 0 aliphatic carbocycles. The topological polar surface area (TPSA) is 75.2 Å². The van der Waals surface area contributed by atoms with Crippen molar-refractivity contribution in [2.45, 2.75) is 6.92 Å². The molecule has 0 bridgehead atoms. The van der Waals surface area contributed by atoms with Crippen LogP contribution in [0.3, 0.4) is 0 Å². The summed E-state index contributed by atoms with van der Waals surface area (Å²) in [5.41, 5.74) is 2.43. The zero-order valence-electron chi connectivity index (χ0n) is 11.2. The number of hydrogen-bond donors (Lipinski definition) is 1. The fourth-order valence-corrected chi connectivity index (χ4v) is 1.99. The second-order valence-corrected chi connectivity index (χ2v) is 4.93. The minimum absolute atomic E-state index is 0.113. The van der Waals surface area contributed by atoms with E-state index < -0.39 is 0 Å². The maximum atomic E-state index is 12.0. The summed E-state index contributed by atoms with van der Waals surface area (Å²) in [6, 6.07) is 6.60. The van der Waals surface area contributed by atoms with Crippen LogP contribution >= 0.6 is 11.3 Å². The van der Waals surface area contributed by atoms with Crippen LogP contribution in [-0.4, -0.2) is 40.5 Å². The molecule has 0 aliphatic rings. The molecule has 2 amide bonds. The van der Waals surface area contributed by atoms with Crippen molar-refractivity contribution >= 4 is 28.3 Å². The summed E-state index contributed by atoms with van der Waals surface area (Å²) in [6.45, 7) is 2.50. The van der Waals surface area contributed by atoms with Crippen LogP contribution in [0.5, 0.6) is 0 Å². The summed E-state index contributed by atoms with van der Waals surface area (Å²) in [5, 5.41) is 10.4. The molecule has 2 aromatic rings. The van der Waals surface area contributed by atoms with Gasteiger partial charge in [0.05, 0.1) is 0 Å². The van der Waals surface area contributed by atoms with Gasteiger partial charge in [0.15, 0.2) is 0 Å². The molecule has 2 rings (SSSR count). The Kier molecular flexibility index (Phi) is 4.41. The van der Waals surface area contributed by atoms with Gasteiger partial charge in [0.1, 0.15) is 5.51 Å². The van der Waals surface area contributed by atoms with Crippen molar-refractivity contribution in [1.82, 2.24) is 15.1 Å². The van der Waals surface area contributed by atoms with Gasteiger partial charge in [-0.25, -0.2) is 0 Å².